The molecule has 0 aliphatic rings. The lowest BCUT2D eigenvalue weighted by molar-refractivity contribution is -0.0328. The lowest BCUT2D eigenvalue weighted by Crippen LogP contribution is -2.43. The number of hydrogen-bond donors (Lipinski definition) is 1. The topological polar surface area (TPSA) is 12.0 Å². The molecule has 0 heterocycles. The molecule has 0 aliphatic heterocycles. The van der Waals surface area contributed by atoms with Crippen molar-refractivity contribution in [3.05, 3.63) is 0 Å². The Hall–Kier alpha value is 0.100. The Labute approximate surface area is 101 Å². The predicted molar refractivity (Wildman–Crippen MR) is 64.7 cm³/mol. The van der Waals surface area contributed by atoms with Crippen LogP contribution < -0.4 is 5.32 Å². The third-order valence-electron chi connectivity index (χ3n) is 1.94. The summed E-state index contributed by atoms with van der Waals surface area (Å²) < 4.78 is 35.6. The van der Waals surface area contributed by atoms with Crippen LogP contribution in [0.15, 0.2) is 0 Å². The standard InChI is InChI=1S/C11H22F3NS/c1-9(2,3)8-10(4,5)15-6-7-16-11(12,13)14/h15H,6-8H2,1-5H3. The SMILES string of the molecule is CC(C)(C)CC(C)(C)NCCSC(F)(F)F. The van der Waals surface area contributed by atoms with E-state index in [1.165, 1.54) is 0 Å². The predicted octanol–water partition coefficient (Wildman–Crippen LogP) is 4.04. The fourth-order valence-corrected chi connectivity index (χ4v) is 2.38. The van der Waals surface area contributed by atoms with Crippen molar-refractivity contribution in [2.24, 2.45) is 5.41 Å². The normalized spacial score (nSPS) is 14.2. The fraction of sp³-hybridized carbons (Fsp3) is 1.00. The van der Waals surface area contributed by atoms with Crippen LogP contribution in [0.1, 0.15) is 41.0 Å². The number of nitrogens with one attached hydrogen (secondary N) is 1. The highest BCUT2D eigenvalue weighted by atomic mass is 32.2. The van der Waals surface area contributed by atoms with Gasteiger partial charge in [-0.2, -0.15) is 13.2 Å². The molecule has 0 fully saturated rings. The highest BCUT2D eigenvalue weighted by molar-refractivity contribution is 8.00. The van der Waals surface area contributed by atoms with Crippen LogP contribution in [-0.2, 0) is 0 Å². The molecule has 0 rings (SSSR count). The van der Waals surface area contributed by atoms with Crippen molar-refractivity contribution in [1.29, 1.82) is 0 Å². The quantitative estimate of drug-likeness (QED) is 0.746. The molecular weight excluding hydrogens is 235 g/mol. The van der Waals surface area contributed by atoms with Crippen molar-refractivity contribution >= 4 is 11.8 Å². The van der Waals surface area contributed by atoms with Crippen molar-refractivity contribution in [1.82, 2.24) is 5.32 Å². The monoisotopic (exact) mass is 257 g/mol. The molecule has 0 spiro atoms. The molecular formula is C11H22F3NS. The van der Waals surface area contributed by atoms with Gasteiger partial charge in [-0.05, 0) is 37.4 Å². The highest BCUT2D eigenvalue weighted by Gasteiger charge is 2.28. The molecule has 0 unspecified atom stereocenters. The average Bonchev–Trinajstić information content (AvgIpc) is 1.91. The average molecular weight is 257 g/mol. The minimum atomic E-state index is -4.12. The van der Waals surface area contributed by atoms with E-state index in [-0.39, 0.29) is 28.5 Å². The number of halogens is 3. The number of rotatable bonds is 5. The molecule has 0 amide bonds. The summed E-state index contributed by atoms with van der Waals surface area (Å²) in [6.45, 7) is 10.8. The van der Waals surface area contributed by atoms with Crippen molar-refractivity contribution in [2.45, 2.75) is 52.1 Å². The molecule has 0 aromatic rings. The summed E-state index contributed by atoms with van der Waals surface area (Å²) >= 11 is 0.0297. The summed E-state index contributed by atoms with van der Waals surface area (Å²) in [5.41, 5.74) is -4.06. The molecule has 0 aliphatic carbocycles. The van der Waals surface area contributed by atoms with Gasteiger partial charge in [-0.25, -0.2) is 0 Å². The first-order valence-electron chi connectivity index (χ1n) is 5.37. The van der Waals surface area contributed by atoms with Crippen LogP contribution in [0, 0.1) is 5.41 Å². The molecule has 0 aromatic carbocycles. The summed E-state index contributed by atoms with van der Waals surface area (Å²) in [5, 5.41) is 3.17. The van der Waals surface area contributed by atoms with Gasteiger partial charge in [0.1, 0.15) is 0 Å². The number of thioether (sulfide) groups is 1. The minimum absolute atomic E-state index is 0.0297. The minimum Gasteiger partial charge on any atom is -0.311 e. The Morgan fingerprint density at radius 1 is 1.00 bits per heavy atom. The molecule has 1 N–H and O–H groups in total. The summed E-state index contributed by atoms with van der Waals surface area (Å²) in [6.07, 6.45) is 0.927. The molecule has 0 bridgehead atoms. The van der Waals surface area contributed by atoms with E-state index in [1.54, 1.807) is 0 Å². The second-order valence-electron chi connectivity index (χ2n) is 5.84. The molecule has 1 nitrogen and oxygen atoms in total. The van der Waals surface area contributed by atoms with Gasteiger partial charge in [0, 0.05) is 17.8 Å². The largest absolute Gasteiger partial charge is 0.441 e. The molecule has 16 heavy (non-hydrogen) atoms. The van der Waals surface area contributed by atoms with Crippen LogP contribution in [0.4, 0.5) is 13.2 Å². The zero-order valence-corrected chi connectivity index (χ0v) is 11.5. The van der Waals surface area contributed by atoms with Gasteiger partial charge in [-0.3, -0.25) is 0 Å². The Morgan fingerprint density at radius 2 is 1.50 bits per heavy atom. The van der Waals surface area contributed by atoms with Gasteiger partial charge in [-0.1, -0.05) is 20.8 Å². The van der Waals surface area contributed by atoms with Crippen LogP contribution in [-0.4, -0.2) is 23.3 Å². The Kier molecular flexibility index (Phi) is 5.66. The summed E-state index contributed by atoms with van der Waals surface area (Å²) in [7, 11) is 0. The molecule has 0 saturated heterocycles. The molecule has 0 radical (unpaired) electrons. The van der Waals surface area contributed by atoms with Crippen molar-refractivity contribution < 1.29 is 13.2 Å². The third kappa shape index (κ3) is 10.6. The van der Waals surface area contributed by atoms with Crippen LogP contribution in [0.3, 0.4) is 0 Å². The zero-order valence-electron chi connectivity index (χ0n) is 10.7. The lowest BCUT2D eigenvalue weighted by Gasteiger charge is -2.33. The smallest absolute Gasteiger partial charge is 0.311 e. The van der Waals surface area contributed by atoms with Crippen molar-refractivity contribution in [3.63, 3.8) is 0 Å². The number of alkyl halides is 3. The van der Waals surface area contributed by atoms with Crippen LogP contribution in [0.5, 0.6) is 0 Å². The number of hydrogen-bond acceptors (Lipinski definition) is 2. The fourth-order valence-electron chi connectivity index (χ4n) is 1.94. The van der Waals surface area contributed by atoms with E-state index in [0.717, 1.165) is 6.42 Å². The Balaban J connectivity index is 3.83. The van der Waals surface area contributed by atoms with E-state index in [1.807, 2.05) is 13.8 Å². The van der Waals surface area contributed by atoms with Crippen LogP contribution in [0.25, 0.3) is 0 Å². The van der Waals surface area contributed by atoms with E-state index in [4.69, 9.17) is 0 Å². The molecule has 0 aromatic heterocycles. The van der Waals surface area contributed by atoms with Gasteiger partial charge < -0.3 is 5.32 Å². The molecule has 0 saturated carbocycles. The zero-order chi connectivity index (χ0) is 13.0. The highest BCUT2D eigenvalue weighted by Crippen LogP contribution is 2.30. The second kappa shape index (κ2) is 5.63. The van der Waals surface area contributed by atoms with Crippen LogP contribution >= 0.6 is 11.8 Å². The summed E-state index contributed by atoms with van der Waals surface area (Å²) in [4.78, 5) is 0. The first-order chi connectivity index (χ1) is 6.91. The van der Waals surface area contributed by atoms with E-state index in [2.05, 4.69) is 26.1 Å². The second-order valence-corrected chi connectivity index (χ2v) is 7.00. The van der Waals surface area contributed by atoms with E-state index >= 15 is 0 Å². The first-order valence-corrected chi connectivity index (χ1v) is 6.36. The first kappa shape index (κ1) is 16.1. The third-order valence-corrected chi connectivity index (χ3v) is 2.68. The maximum absolute atomic E-state index is 11.9. The van der Waals surface area contributed by atoms with E-state index in [0.29, 0.717) is 6.54 Å². The van der Waals surface area contributed by atoms with Gasteiger partial charge in [-0.15, -0.1) is 0 Å². The van der Waals surface area contributed by atoms with Gasteiger partial charge in [0.15, 0.2) is 0 Å². The Bertz CT molecular complexity index is 206. The van der Waals surface area contributed by atoms with Gasteiger partial charge >= 0.3 is 5.51 Å². The summed E-state index contributed by atoms with van der Waals surface area (Å²) in [6, 6.07) is 0. The molecule has 98 valence electrons. The van der Waals surface area contributed by atoms with Gasteiger partial charge in [0.05, 0.1) is 0 Å². The van der Waals surface area contributed by atoms with Crippen molar-refractivity contribution in [2.75, 3.05) is 12.3 Å². The molecule has 0 atom stereocenters. The van der Waals surface area contributed by atoms with E-state index < -0.39 is 5.51 Å². The summed E-state index contributed by atoms with van der Waals surface area (Å²) in [5.74, 6) is 0.0665. The van der Waals surface area contributed by atoms with Gasteiger partial charge in [0.2, 0.25) is 0 Å². The van der Waals surface area contributed by atoms with Crippen LogP contribution in [0.2, 0.25) is 0 Å². The van der Waals surface area contributed by atoms with Crippen molar-refractivity contribution in [3.8, 4) is 0 Å². The maximum Gasteiger partial charge on any atom is 0.441 e. The molecule has 5 heteroatoms. The maximum atomic E-state index is 11.9. The lowest BCUT2D eigenvalue weighted by atomic mass is 9.82. The Morgan fingerprint density at radius 3 is 1.88 bits per heavy atom. The van der Waals surface area contributed by atoms with E-state index in [9.17, 15) is 13.2 Å². The van der Waals surface area contributed by atoms with Gasteiger partial charge in [0.25, 0.3) is 0 Å².